The van der Waals surface area contributed by atoms with E-state index in [1.165, 1.54) is 0 Å². The first-order chi connectivity index (χ1) is 11.1. The maximum atomic E-state index is 11.5. The van der Waals surface area contributed by atoms with Gasteiger partial charge in [0.05, 0.1) is 12.6 Å². The molecule has 0 radical (unpaired) electrons. The van der Waals surface area contributed by atoms with Crippen LogP contribution < -0.4 is 16.8 Å². The van der Waals surface area contributed by atoms with Crippen LogP contribution in [0.3, 0.4) is 0 Å². The fourth-order valence-corrected chi connectivity index (χ4v) is 2.73. The van der Waals surface area contributed by atoms with Gasteiger partial charge in [-0.3, -0.25) is 9.69 Å². The minimum absolute atomic E-state index is 0.142. The smallest absolute Gasteiger partial charge is 0.234 e. The number of carbonyl (C=O) groups is 1. The molecule has 1 atom stereocenters. The zero-order chi connectivity index (χ0) is 16.2. The van der Waals surface area contributed by atoms with Crippen molar-refractivity contribution in [1.29, 1.82) is 0 Å². The van der Waals surface area contributed by atoms with Crippen molar-refractivity contribution in [3.05, 3.63) is 36.2 Å². The van der Waals surface area contributed by atoms with E-state index < -0.39 is 0 Å². The highest BCUT2D eigenvalue weighted by Gasteiger charge is 2.29. The van der Waals surface area contributed by atoms with Crippen LogP contribution >= 0.6 is 0 Å². The van der Waals surface area contributed by atoms with Gasteiger partial charge in [-0.2, -0.15) is 15.0 Å². The van der Waals surface area contributed by atoms with E-state index in [0.29, 0.717) is 18.3 Å². The van der Waals surface area contributed by atoms with Crippen LogP contribution in [-0.4, -0.2) is 38.3 Å². The second-order valence-electron chi connectivity index (χ2n) is 5.46. The van der Waals surface area contributed by atoms with Gasteiger partial charge in [-0.1, -0.05) is 18.2 Å². The summed E-state index contributed by atoms with van der Waals surface area (Å²) in [5, 5.41) is 3.09. The lowest BCUT2D eigenvalue weighted by Gasteiger charge is -2.20. The molecule has 0 aliphatic carbocycles. The third-order valence-corrected chi connectivity index (χ3v) is 3.77. The molecular formula is C15H19N7O. The number of likely N-dealkylation sites (tertiary alicyclic amines) is 1. The maximum absolute atomic E-state index is 11.5. The summed E-state index contributed by atoms with van der Waals surface area (Å²) in [5.41, 5.74) is 12.1. The Morgan fingerprint density at radius 1 is 1.26 bits per heavy atom. The summed E-state index contributed by atoms with van der Waals surface area (Å²) in [4.78, 5) is 26.1. The fraction of sp³-hybridized carbons (Fsp3) is 0.333. The Labute approximate surface area is 133 Å². The molecule has 2 aromatic rings. The van der Waals surface area contributed by atoms with Gasteiger partial charge < -0.3 is 16.8 Å². The van der Waals surface area contributed by atoms with Gasteiger partial charge in [0.25, 0.3) is 0 Å². The average molecular weight is 313 g/mol. The molecular weight excluding hydrogens is 294 g/mol. The highest BCUT2D eigenvalue weighted by atomic mass is 16.1. The molecule has 8 heteroatoms. The highest BCUT2D eigenvalue weighted by Crippen LogP contribution is 2.19. The number of nitrogens with one attached hydrogen (secondary N) is 1. The number of nitrogens with two attached hydrogens (primary N) is 2. The first kappa shape index (κ1) is 15.2. The lowest BCUT2D eigenvalue weighted by atomic mass is 10.2. The van der Waals surface area contributed by atoms with E-state index in [-0.39, 0.29) is 17.9 Å². The van der Waals surface area contributed by atoms with Crippen molar-refractivity contribution in [1.82, 2.24) is 19.9 Å². The van der Waals surface area contributed by atoms with Crippen LogP contribution in [-0.2, 0) is 11.3 Å². The Morgan fingerprint density at radius 2 is 2.04 bits per heavy atom. The van der Waals surface area contributed by atoms with Crippen molar-refractivity contribution < 1.29 is 4.79 Å². The molecule has 1 saturated heterocycles. The zero-order valence-electron chi connectivity index (χ0n) is 12.6. The molecule has 1 aliphatic heterocycles. The van der Waals surface area contributed by atoms with Crippen LogP contribution in [0, 0.1) is 0 Å². The summed E-state index contributed by atoms with van der Waals surface area (Å²) in [6.07, 6.45) is 1.70. The first-order valence-corrected chi connectivity index (χ1v) is 7.47. The lowest BCUT2D eigenvalue weighted by Crippen LogP contribution is -2.40. The van der Waals surface area contributed by atoms with Gasteiger partial charge in [-0.05, 0) is 31.5 Å². The predicted octanol–water partition coefficient (Wildman–Crippen LogP) is 0.647. The van der Waals surface area contributed by atoms with E-state index in [2.05, 4.69) is 20.3 Å². The summed E-state index contributed by atoms with van der Waals surface area (Å²) in [5.74, 6) is 0.730. The molecule has 120 valence electrons. The Hall–Kier alpha value is -2.74. The number of rotatable bonds is 5. The third-order valence-electron chi connectivity index (χ3n) is 3.77. The van der Waals surface area contributed by atoms with Crippen LogP contribution in [0.1, 0.15) is 18.7 Å². The van der Waals surface area contributed by atoms with Crippen molar-refractivity contribution in [2.45, 2.75) is 25.4 Å². The first-order valence-electron chi connectivity index (χ1n) is 7.47. The number of primary amides is 1. The van der Waals surface area contributed by atoms with Crippen molar-refractivity contribution in [3.63, 3.8) is 0 Å². The quantitative estimate of drug-likeness (QED) is 0.740. The molecule has 23 heavy (non-hydrogen) atoms. The second-order valence-corrected chi connectivity index (χ2v) is 5.46. The second kappa shape index (κ2) is 6.57. The minimum atomic E-state index is -0.313. The van der Waals surface area contributed by atoms with Crippen molar-refractivity contribution in [3.8, 4) is 0 Å². The topological polar surface area (TPSA) is 123 Å². The molecule has 2 heterocycles. The van der Waals surface area contributed by atoms with Crippen molar-refractivity contribution >= 4 is 23.5 Å². The van der Waals surface area contributed by atoms with Crippen molar-refractivity contribution in [2.24, 2.45) is 5.73 Å². The van der Waals surface area contributed by atoms with Gasteiger partial charge in [-0.25, -0.2) is 0 Å². The van der Waals surface area contributed by atoms with Gasteiger partial charge in [0.1, 0.15) is 5.82 Å². The van der Waals surface area contributed by atoms with Gasteiger partial charge in [0.2, 0.25) is 17.8 Å². The molecule has 1 aliphatic rings. The molecule has 0 spiro atoms. The molecule has 0 bridgehead atoms. The van der Waals surface area contributed by atoms with Crippen LogP contribution in [0.5, 0.6) is 0 Å². The van der Waals surface area contributed by atoms with E-state index in [0.717, 1.165) is 25.1 Å². The Kier molecular flexibility index (Phi) is 4.33. The Morgan fingerprint density at radius 3 is 2.78 bits per heavy atom. The fourth-order valence-electron chi connectivity index (χ4n) is 2.73. The summed E-state index contributed by atoms with van der Waals surface area (Å²) >= 11 is 0. The standard InChI is InChI=1S/C15H19N7O/c16-13(23)11-7-4-8-22(11)9-12-19-14(17)21-15(20-12)18-10-5-2-1-3-6-10/h1-3,5-6,11H,4,7-9H2,(H2,16,23)(H3,17,18,19,20,21). The van der Waals surface area contributed by atoms with E-state index in [4.69, 9.17) is 11.5 Å². The molecule has 0 saturated carbocycles. The minimum Gasteiger partial charge on any atom is -0.368 e. The van der Waals surface area contributed by atoms with Crippen LogP contribution in [0.2, 0.25) is 0 Å². The van der Waals surface area contributed by atoms with Crippen LogP contribution in [0.15, 0.2) is 30.3 Å². The van der Waals surface area contributed by atoms with Gasteiger partial charge in [0.15, 0.2) is 0 Å². The summed E-state index contributed by atoms with van der Waals surface area (Å²) in [6.45, 7) is 1.21. The lowest BCUT2D eigenvalue weighted by molar-refractivity contribution is -0.122. The van der Waals surface area contributed by atoms with E-state index >= 15 is 0 Å². The monoisotopic (exact) mass is 313 g/mol. The molecule has 5 N–H and O–H groups in total. The van der Waals surface area contributed by atoms with E-state index in [1.807, 2.05) is 35.2 Å². The molecule has 1 aromatic heterocycles. The van der Waals surface area contributed by atoms with Crippen LogP contribution in [0.25, 0.3) is 0 Å². The molecule has 3 rings (SSSR count). The number of carbonyl (C=O) groups excluding carboxylic acids is 1. The average Bonchev–Trinajstić information content (AvgIpc) is 2.96. The predicted molar refractivity (Wildman–Crippen MR) is 86.6 cm³/mol. The Bertz CT molecular complexity index is 691. The number of anilines is 3. The molecule has 8 nitrogen and oxygen atoms in total. The van der Waals surface area contributed by atoms with Gasteiger partial charge in [0, 0.05) is 5.69 Å². The summed E-state index contributed by atoms with van der Waals surface area (Å²) < 4.78 is 0. The van der Waals surface area contributed by atoms with Crippen LogP contribution in [0.4, 0.5) is 17.6 Å². The molecule has 1 amide bonds. The van der Waals surface area contributed by atoms with E-state index in [9.17, 15) is 4.79 Å². The highest BCUT2D eigenvalue weighted by molar-refractivity contribution is 5.80. The zero-order valence-corrected chi connectivity index (χ0v) is 12.6. The number of benzene rings is 1. The van der Waals surface area contributed by atoms with Gasteiger partial charge >= 0.3 is 0 Å². The number of aromatic nitrogens is 3. The number of hydrogen-bond donors (Lipinski definition) is 3. The third kappa shape index (κ3) is 3.72. The summed E-state index contributed by atoms with van der Waals surface area (Å²) in [6, 6.07) is 9.30. The normalized spacial score (nSPS) is 18.0. The number of amides is 1. The number of nitrogens with zero attached hydrogens (tertiary/aromatic N) is 4. The SMILES string of the molecule is NC(=O)C1CCCN1Cc1nc(N)nc(Nc2ccccc2)n1. The largest absolute Gasteiger partial charge is 0.368 e. The number of nitrogen functional groups attached to an aromatic ring is 1. The van der Waals surface area contributed by atoms with Gasteiger partial charge in [-0.15, -0.1) is 0 Å². The maximum Gasteiger partial charge on any atom is 0.234 e. The molecule has 1 aromatic carbocycles. The number of hydrogen-bond acceptors (Lipinski definition) is 7. The number of para-hydroxylation sites is 1. The summed E-state index contributed by atoms with van der Waals surface area (Å²) in [7, 11) is 0. The molecule has 1 unspecified atom stereocenters. The van der Waals surface area contributed by atoms with E-state index in [1.54, 1.807) is 0 Å². The Balaban J connectivity index is 1.76. The van der Waals surface area contributed by atoms with Crippen molar-refractivity contribution in [2.75, 3.05) is 17.6 Å². The molecule has 1 fully saturated rings.